The predicted octanol–water partition coefficient (Wildman–Crippen LogP) is 3.76. The van der Waals surface area contributed by atoms with Gasteiger partial charge in [0.15, 0.2) is 0 Å². The second-order valence-electron chi connectivity index (χ2n) is 7.08. The normalized spacial score (nSPS) is 14.9. The zero-order valence-electron chi connectivity index (χ0n) is 17.2. The van der Waals surface area contributed by atoms with Gasteiger partial charge in [-0.15, -0.1) is 0 Å². The van der Waals surface area contributed by atoms with Gasteiger partial charge in [0.2, 0.25) is 5.88 Å². The number of rotatable bonds is 5. The van der Waals surface area contributed by atoms with E-state index < -0.39 is 22.8 Å². The molecule has 33 heavy (non-hydrogen) atoms. The summed E-state index contributed by atoms with van der Waals surface area (Å²) in [5.74, 6) is -0.957. The van der Waals surface area contributed by atoms with Crippen molar-refractivity contribution in [3.8, 4) is 11.6 Å². The number of hydrogen-bond acceptors (Lipinski definition) is 7. The van der Waals surface area contributed by atoms with Crippen LogP contribution in [0.25, 0.3) is 6.08 Å². The van der Waals surface area contributed by atoms with E-state index in [1.54, 1.807) is 48.5 Å². The van der Waals surface area contributed by atoms with E-state index in [1.807, 2.05) is 6.92 Å². The van der Waals surface area contributed by atoms with Gasteiger partial charge in [-0.05, 0) is 42.8 Å². The Balaban J connectivity index is 1.54. The predicted molar refractivity (Wildman–Crippen MR) is 118 cm³/mol. The minimum absolute atomic E-state index is 0.155. The van der Waals surface area contributed by atoms with Crippen LogP contribution in [0.1, 0.15) is 11.1 Å². The summed E-state index contributed by atoms with van der Waals surface area (Å²) in [7, 11) is 0. The van der Waals surface area contributed by atoms with E-state index in [9.17, 15) is 24.5 Å². The zero-order chi connectivity index (χ0) is 23.5. The van der Waals surface area contributed by atoms with E-state index in [4.69, 9.17) is 4.74 Å². The van der Waals surface area contributed by atoms with Crippen LogP contribution in [-0.2, 0) is 9.59 Å². The fraction of sp³-hybridized carbons (Fsp3) is 0.0435. The molecule has 1 aromatic heterocycles. The summed E-state index contributed by atoms with van der Waals surface area (Å²) in [5.41, 5.74) is 1.48. The van der Waals surface area contributed by atoms with E-state index in [1.165, 1.54) is 18.2 Å². The Bertz CT molecular complexity index is 1280. The standard InChI is InChI=1S/C23H16N4O6/c1-14-2-6-16(7-3-14)26-22(29)19(21(28)25-23(26)30)12-15-4-9-18(10-5-15)33-20-11-8-17(13-24-20)27(31)32/h2-13H,1H3,(H,25,28,30)/b19-12+. The number of imide groups is 2. The van der Waals surface area contributed by atoms with Crippen LogP contribution >= 0.6 is 0 Å². The first-order valence-electron chi connectivity index (χ1n) is 9.68. The topological polar surface area (TPSA) is 132 Å². The van der Waals surface area contributed by atoms with Crippen LogP contribution in [0.5, 0.6) is 11.6 Å². The molecule has 1 saturated heterocycles. The van der Waals surface area contributed by atoms with E-state index in [2.05, 4.69) is 10.3 Å². The van der Waals surface area contributed by atoms with E-state index >= 15 is 0 Å². The fourth-order valence-electron chi connectivity index (χ4n) is 3.05. The molecule has 10 heteroatoms. The highest BCUT2D eigenvalue weighted by Gasteiger charge is 2.36. The van der Waals surface area contributed by atoms with Gasteiger partial charge in [-0.2, -0.15) is 0 Å². The van der Waals surface area contributed by atoms with Gasteiger partial charge in [0.1, 0.15) is 17.5 Å². The van der Waals surface area contributed by atoms with E-state index in [0.29, 0.717) is 17.0 Å². The first-order chi connectivity index (χ1) is 15.8. The van der Waals surface area contributed by atoms with Crippen LogP contribution in [0.15, 0.2) is 72.4 Å². The molecule has 0 radical (unpaired) electrons. The van der Waals surface area contributed by atoms with Gasteiger partial charge in [-0.3, -0.25) is 25.0 Å². The van der Waals surface area contributed by atoms with Crippen LogP contribution < -0.4 is 15.0 Å². The number of nitro groups is 1. The molecule has 0 spiro atoms. The molecular formula is C23H16N4O6. The second kappa shape index (κ2) is 8.71. The van der Waals surface area contributed by atoms with Crippen LogP contribution in [-0.4, -0.2) is 27.8 Å². The molecule has 0 unspecified atom stereocenters. The molecule has 1 N–H and O–H groups in total. The summed E-state index contributed by atoms with van der Waals surface area (Å²) in [5, 5.41) is 12.9. The number of nitrogens with zero attached hydrogens (tertiary/aromatic N) is 3. The van der Waals surface area contributed by atoms with Crippen molar-refractivity contribution >= 4 is 35.3 Å². The van der Waals surface area contributed by atoms with Crippen molar-refractivity contribution in [1.82, 2.24) is 10.3 Å². The smallest absolute Gasteiger partial charge is 0.335 e. The van der Waals surface area contributed by atoms with Crippen molar-refractivity contribution in [3.05, 3.63) is 93.7 Å². The number of hydrogen-bond donors (Lipinski definition) is 1. The highest BCUT2D eigenvalue weighted by molar-refractivity contribution is 6.39. The third-order valence-corrected chi connectivity index (χ3v) is 4.74. The van der Waals surface area contributed by atoms with Gasteiger partial charge in [-0.1, -0.05) is 29.8 Å². The molecule has 4 rings (SSSR count). The summed E-state index contributed by atoms with van der Waals surface area (Å²) < 4.78 is 5.55. The quantitative estimate of drug-likeness (QED) is 0.274. The van der Waals surface area contributed by atoms with Crippen molar-refractivity contribution in [3.63, 3.8) is 0 Å². The number of barbiturate groups is 1. The van der Waals surface area contributed by atoms with Crippen LogP contribution in [0, 0.1) is 17.0 Å². The zero-order valence-corrected chi connectivity index (χ0v) is 17.2. The van der Waals surface area contributed by atoms with Crippen LogP contribution in [0.2, 0.25) is 0 Å². The Hall–Kier alpha value is -4.86. The Labute approximate surface area is 187 Å². The molecule has 3 aromatic rings. The minimum atomic E-state index is -0.814. The van der Waals surface area contributed by atoms with Gasteiger partial charge in [-0.25, -0.2) is 14.7 Å². The first-order valence-corrected chi connectivity index (χ1v) is 9.68. The number of benzene rings is 2. The number of anilines is 1. The van der Waals surface area contributed by atoms with Crippen molar-refractivity contribution in [2.75, 3.05) is 4.90 Å². The number of amides is 4. The molecule has 10 nitrogen and oxygen atoms in total. The van der Waals surface area contributed by atoms with Gasteiger partial charge < -0.3 is 4.74 Å². The molecule has 0 bridgehead atoms. The highest BCUT2D eigenvalue weighted by Crippen LogP contribution is 2.25. The lowest BCUT2D eigenvalue weighted by Gasteiger charge is -2.26. The maximum Gasteiger partial charge on any atom is 0.335 e. The third-order valence-electron chi connectivity index (χ3n) is 4.74. The van der Waals surface area contributed by atoms with Gasteiger partial charge >= 0.3 is 6.03 Å². The highest BCUT2D eigenvalue weighted by atomic mass is 16.6. The lowest BCUT2D eigenvalue weighted by atomic mass is 10.1. The van der Waals surface area contributed by atoms with Gasteiger partial charge in [0.05, 0.1) is 10.6 Å². The maximum atomic E-state index is 12.9. The number of aromatic nitrogens is 1. The average molecular weight is 444 g/mol. The number of pyridine rings is 1. The fourth-order valence-corrected chi connectivity index (χ4v) is 3.05. The average Bonchev–Trinajstić information content (AvgIpc) is 2.79. The molecule has 4 amide bonds. The number of carbonyl (C=O) groups excluding carboxylic acids is 3. The SMILES string of the molecule is Cc1ccc(N2C(=O)NC(=O)/C(=C\c3ccc(Oc4ccc([N+](=O)[O-])cn4)cc3)C2=O)cc1. The lowest BCUT2D eigenvalue weighted by molar-refractivity contribution is -0.385. The maximum absolute atomic E-state index is 12.9. The summed E-state index contributed by atoms with van der Waals surface area (Å²) in [6.07, 6.45) is 2.46. The Morgan fingerprint density at radius 2 is 1.70 bits per heavy atom. The van der Waals surface area contributed by atoms with Crippen molar-refractivity contribution in [2.24, 2.45) is 0 Å². The molecule has 164 valence electrons. The number of ether oxygens (including phenoxy) is 1. The lowest BCUT2D eigenvalue weighted by Crippen LogP contribution is -2.54. The van der Waals surface area contributed by atoms with Crippen molar-refractivity contribution in [1.29, 1.82) is 0 Å². The monoisotopic (exact) mass is 444 g/mol. The van der Waals surface area contributed by atoms with E-state index in [-0.39, 0.29) is 17.1 Å². The van der Waals surface area contributed by atoms with Crippen LogP contribution in [0.4, 0.5) is 16.2 Å². The van der Waals surface area contributed by atoms with Crippen molar-refractivity contribution in [2.45, 2.75) is 6.92 Å². The second-order valence-corrected chi connectivity index (χ2v) is 7.08. The Morgan fingerprint density at radius 3 is 2.30 bits per heavy atom. The van der Waals surface area contributed by atoms with E-state index in [0.717, 1.165) is 16.7 Å². The molecular weight excluding hydrogens is 428 g/mol. The molecule has 1 aliphatic rings. The Kier molecular flexibility index (Phi) is 5.64. The number of aryl methyl sites for hydroxylation is 1. The minimum Gasteiger partial charge on any atom is -0.439 e. The number of nitrogens with one attached hydrogen (secondary N) is 1. The summed E-state index contributed by atoms with van der Waals surface area (Å²) in [6.45, 7) is 1.88. The molecule has 2 aromatic carbocycles. The van der Waals surface area contributed by atoms with Gasteiger partial charge in [0, 0.05) is 12.1 Å². The molecule has 0 aliphatic carbocycles. The summed E-state index contributed by atoms with van der Waals surface area (Å²) in [4.78, 5) is 52.4. The van der Waals surface area contributed by atoms with Crippen molar-refractivity contribution < 1.29 is 24.0 Å². The number of urea groups is 1. The molecule has 0 saturated carbocycles. The summed E-state index contributed by atoms with van der Waals surface area (Å²) >= 11 is 0. The third kappa shape index (κ3) is 4.59. The summed E-state index contributed by atoms with van der Waals surface area (Å²) in [6, 6.07) is 15.0. The Morgan fingerprint density at radius 1 is 1.00 bits per heavy atom. The molecule has 2 heterocycles. The van der Waals surface area contributed by atoms with Gasteiger partial charge in [0.25, 0.3) is 17.5 Å². The molecule has 0 atom stereocenters. The molecule has 1 aliphatic heterocycles. The number of carbonyl (C=O) groups is 3. The first kappa shape index (κ1) is 21.4. The molecule has 1 fully saturated rings. The van der Waals surface area contributed by atoms with Crippen LogP contribution in [0.3, 0.4) is 0 Å². The largest absolute Gasteiger partial charge is 0.439 e.